The van der Waals surface area contributed by atoms with Gasteiger partial charge in [-0.25, -0.2) is 0 Å². The predicted octanol–water partition coefficient (Wildman–Crippen LogP) is 3.67. The van der Waals surface area contributed by atoms with Gasteiger partial charge in [-0.05, 0) is 59.4 Å². The minimum Gasteiger partial charge on any atom is -0.491 e. The summed E-state index contributed by atoms with van der Waals surface area (Å²) < 4.78 is 5.39. The molecule has 4 rings (SSSR count). The molecule has 29 heavy (non-hydrogen) atoms. The number of ether oxygens (including phenoxy) is 1. The van der Waals surface area contributed by atoms with E-state index in [-0.39, 0.29) is 19.1 Å². The molecule has 2 aliphatic carbocycles. The van der Waals surface area contributed by atoms with Gasteiger partial charge in [-0.15, -0.1) is 11.3 Å². The molecule has 0 spiro atoms. The molecule has 0 radical (unpaired) electrons. The lowest BCUT2D eigenvalue weighted by Gasteiger charge is -2.12. The van der Waals surface area contributed by atoms with Gasteiger partial charge in [0.15, 0.2) is 0 Å². The molecule has 0 bridgehead atoms. The van der Waals surface area contributed by atoms with E-state index in [0.29, 0.717) is 34.6 Å². The van der Waals surface area contributed by atoms with Crippen molar-refractivity contribution in [2.75, 3.05) is 13.2 Å². The van der Waals surface area contributed by atoms with Gasteiger partial charge in [0.05, 0.1) is 11.5 Å². The van der Waals surface area contributed by atoms with E-state index in [1.54, 1.807) is 29.5 Å². The number of rotatable bonds is 7. The number of amides is 1. The first-order valence-electron chi connectivity index (χ1n) is 9.84. The number of nitrogens with one attached hydrogen (secondary N) is 1. The van der Waals surface area contributed by atoms with Crippen molar-refractivity contribution in [1.82, 2.24) is 5.32 Å². The molecule has 1 aromatic carbocycles. The molecule has 1 amide bonds. The third kappa shape index (κ3) is 3.67. The number of aryl methyl sites for hydroxylation is 1. The third-order valence-corrected chi connectivity index (χ3v) is 7.86. The van der Waals surface area contributed by atoms with Crippen LogP contribution in [0.4, 0.5) is 0 Å². The zero-order valence-electron chi connectivity index (χ0n) is 16.8. The highest BCUT2D eigenvalue weighted by Crippen LogP contribution is 2.71. The number of aliphatic hydroxyl groups is 2. The monoisotopic (exact) mass is 435 g/mol. The Bertz CT molecular complexity index is 955. The Kier molecular flexibility index (Phi) is 5.40. The van der Waals surface area contributed by atoms with Crippen molar-refractivity contribution in [3.05, 3.63) is 49.7 Å². The maximum atomic E-state index is 12.8. The first kappa shape index (κ1) is 20.7. The Morgan fingerprint density at radius 1 is 1.45 bits per heavy atom. The quantitative estimate of drug-likeness (QED) is 0.620. The highest BCUT2D eigenvalue weighted by Gasteiger charge is 2.63. The van der Waals surface area contributed by atoms with Gasteiger partial charge >= 0.3 is 0 Å². The van der Waals surface area contributed by atoms with E-state index in [9.17, 15) is 9.90 Å². The minimum absolute atomic E-state index is 0.00938. The van der Waals surface area contributed by atoms with Crippen molar-refractivity contribution in [3.63, 3.8) is 0 Å². The van der Waals surface area contributed by atoms with Gasteiger partial charge in [0, 0.05) is 16.4 Å². The smallest absolute Gasteiger partial charge is 0.261 e. The molecular weight excluding hydrogens is 410 g/mol. The first-order chi connectivity index (χ1) is 13.7. The molecule has 0 unspecified atom stereocenters. The van der Waals surface area contributed by atoms with Crippen molar-refractivity contribution in [2.45, 2.75) is 45.8 Å². The first-order valence-corrected chi connectivity index (χ1v) is 11.0. The van der Waals surface area contributed by atoms with Crippen LogP contribution in [0.15, 0.2) is 18.2 Å². The van der Waals surface area contributed by atoms with Gasteiger partial charge in [0.25, 0.3) is 5.91 Å². The second-order valence-corrected chi connectivity index (χ2v) is 10.2. The number of benzene rings is 1. The lowest BCUT2D eigenvalue weighted by Crippen LogP contribution is -2.23. The van der Waals surface area contributed by atoms with Crippen molar-refractivity contribution < 1.29 is 19.7 Å². The summed E-state index contributed by atoms with van der Waals surface area (Å²) in [5.41, 5.74) is 3.83. The van der Waals surface area contributed by atoms with E-state index in [2.05, 4.69) is 26.1 Å². The van der Waals surface area contributed by atoms with E-state index >= 15 is 0 Å². The van der Waals surface area contributed by atoms with Crippen LogP contribution in [0.2, 0.25) is 5.02 Å². The van der Waals surface area contributed by atoms with Crippen LogP contribution in [0.3, 0.4) is 0 Å². The molecule has 3 N–H and O–H groups in total. The lowest BCUT2D eigenvalue weighted by atomic mass is 9.95. The standard InChI is InChI=1S/C22H26ClNO4S/c1-11-18-15(7-16-19(18)22(16,2)3)20(29-11)21(27)24-8-12-4-5-14(6-17(12)23)28-10-13(26)9-25/h4-6,13,16,19,25-26H,7-10H2,1-3H3,(H,24,27)/t13-,16+,19+/m0/s1. The van der Waals surface area contributed by atoms with Crippen LogP contribution in [0.25, 0.3) is 0 Å². The lowest BCUT2D eigenvalue weighted by molar-refractivity contribution is 0.0536. The molecule has 156 valence electrons. The van der Waals surface area contributed by atoms with E-state index in [1.165, 1.54) is 16.0 Å². The van der Waals surface area contributed by atoms with Crippen LogP contribution in [0, 0.1) is 18.3 Å². The highest BCUT2D eigenvalue weighted by molar-refractivity contribution is 7.14. The highest BCUT2D eigenvalue weighted by atomic mass is 35.5. The minimum atomic E-state index is -0.930. The second kappa shape index (κ2) is 7.58. The van der Waals surface area contributed by atoms with Crippen molar-refractivity contribution in [3.8, 4) is 5.75 Å². The summed E-state index contributed by atoms with van der Waals surface area (Å²) in [6, 6.07) is 5.18. The Hall–Kier alpha value is -1.60. The Morgan fingerprint density at radius 3 is 2.90 bits per heavy atom. The number of carbonyl (C=O) groups excluding carboxylic acids is 1. The van der Waals surface area contributed by atoms with Crippen LogP contribution in [-0.4, -0.2) is 35.4 Å². The maximum absolute atomic E-state index is 12.8. The molecule has 5 nitrogen and oxygen atoms in total. The zero-order chi connectivity index (χ0) is 20.9. The van der Waals surface area contributed by atoms with E-state index in [1.807, 2.05) is 0 Å². The van der Waals surface area contributed by atoms with Crippen LogP contribution < -0.4 is 10.1 Å². The summed E-state index contributed by atoms with van der Waals surface area (Å²) in [4.78, 5) is 15.0. The van der Waals surface area contributed by atoms with Crippen molar-refractivity contribution >= 4 is 28.8 Å². The van der Waals surface area contributed by atoms with Crippen LogP contribution in [0.5, 0.6) is 5.75 Å². The number of thiophene rings is 1. The number of carbonyl (C=O) groups is 1. The van der Waals surface area contributed by atoms with Crippen LogP contribution >= 0.6 is 22.9 Å². The normalized spacial score (nSPS) is 22.0. The molecule has 2 aliphatic rings. The Labute approximate surface area is 179 Å². The molecule has 3 atom stereocenters. The molecule has 2 aromatic rings. The van der Waals surface area contributed by atoms with Crippen LogP contribution in [0.1, 0.15) is 51.0 Å². The fraction of sp³-hybridized carbons (Fsp3) is 0.500. The average Bonchev–Trinajstić information content (AvgIpc) is 3.02. The van der Waals surface area contributed by atoms with Gasteiger partial charge < -0.3 is 20.3 Å². The number of fused-ring (bicyclic) bond motifs is 3. The van der Waals surface area contributed by atoms with Gasteiger partial charge in [-0.1, -0.05) is 31.5 Å². The van der Waals surface area contributed by atoms with Gasteiger partial charge in [0.2, 0.25) is 0 Å². The van der Waals surface area contributed by atoms with Crippen molar-refractivity contribution in [1.29, 1.82) is 0 Å². The summed E-state index contributed by atoms with van der Waals surface area (Å²) in [5.74, 6) is 1.76. The molecule has 0 saturated heterocycles. The van der Waals surface area contributed by atoms with Gasteiger partial charge in [-0.2, -0.15) is 0 Å². The number of hydrogen-bond acceptors (Lipinski definition) is 5. The average molecular weight is 436 g/mol. The maximum Gasteiger partial charge on any atom is 0.261 e. The Balaban J connectivity index is 1.40. The number of hydrogen-bond donors (Lipinski definition) is 3. The fourth-order valence-corrected chi connectivity index (χ4v) is 5.96. The molecule has 1 heterocycles. The fourth-order valence-electron chi connectivity index (χ4n) is 4.58. The third-order valence-electron chi connectivity index (χ3n) is 6.34. The number of halogens is 1. The SMILES string of the molecule is Cc1sc(C(=O)NCc2ccc(OC[C@@H](O)CO)cc2Cl)c2c1[C@H]1[C@@H](C2)C1(C)C. The largest absolute Gasteiger partial charge is 0.491 e. The summed E-state index contributed by atoms with van der Waals surface area (Å²) in [6.45, 7) is 6.74. The molecular formula is C22H26ClNO4S. The molecule has 1 fully saturated rings. The zero-order valence-corrected chi connectivity index (χ0v) is 18.4. The Morgan fingerprint density at radius 2 is 2.21 bits per heavy atom. The topological polar surface area (TPSA) is 78.8 Å². The van der Waals surface area contributed by atoms with E-state index in [0.717, 1.165) is 16.9 Å². The van der Waals surface area contributed by atoms with Crippen molar-refractivity contribution in [2.24, 2.45) is 11.3 Å². The second-order valence-electron chi connectivity index (χ2n) is 8.57. The predicted molar refractivity (Wildman–Crippen MR) is 114 cm³/mol. The van der Waals surface area contributed by atoms with E-state index < -0.39 is 6.10 Å². The molecule has 0 aliphatic heterocycles. The van der Waals surface area contributed by atoms with Crippen LogP contribution in [-0.2, 0) is 13.0 Å². The van der Waals surface area contributed by atoms with Gasteiger partial charge in [-0.3, -0.25) is 4.79 Å². The number of aliphatic hydroxyl groups excluding tert-OH is 2. The summed E-state index contributed by atoms with van der Waals surface area (Å²) in [7, 11) is 0. The molecule has 7 heteroatoms. The summed E-state index contributed by atoms with van der Waals surface area (Å²) in [6.07, 6.45) is 0.0763. The summed E-state index contributed by atoms with van der Waals surface area (Å²) >= 11 is 7.92. The molecule has 1 saturated carbocycles. The van der Waals surface area contributed by atoms with Gasteiger partial charge in [0.1, 0.15) is 18.5 Å². The summed E-state index contributed by atoms with van der Waals surface area (Å²) in [5, 5.41) is 21.7. The molecule has 1 aromatic heterocycles. The van der Waals surface area contributed by atoms with E-state index in [4.69, 9.17) is 21.4 Å².